The van der Waals surface area contributed by atoms with Crippen LogP contribution in [0.15, 0.2) is 6.20 Å². The Labute approximate surface area is 118 Å². The number of Topliss-reactive ketones (excluding diaryl/α,β-unsaturated/α-hetero) is 1. The number of aromatic nitrogens is 3. The molecule has 7 nitrogen and oxygen atoms in total. The number of ketones is 1. The zero-order valence-corrected chi connectivity index (χ0v) is 12.8. The van der Waals surface area contributed by atoms with Gasteiger partial charge in [-0.05, 0) is 20.8 Å². The number of rotatable bonds is 5. The Hall–Kier alpha value is -1.28. The molecule has 2 rings (SSSR count). The van der Waals surface area contributed by atoms with Crippen molar-refractivity contribution in [1.82, 2.24) is 20.3 Å². The summed E-state index contributed by atoms with van der Waals surface area (Å²) in [5.74, 6) is -0.441. The Morgan fingerprint density at radius 2 is 2.10 bits per heavy atom. The highest BCUT2D eigenvalue weighted by Crippen LogP contribution is 2.17. The van der Waals surface area contributed by atoms with Crippen molar-refractivity contribution in [2.24, 2.45) is 0 Å². The van der Waals surface area contributed by atoms with Crippen molar-refractivity contribution in [3.05, 3.63) is 11.9 Å². The number of sulfone groups is 1. The van der Waals surface area contributed by atoms with Gasteiger partial charge in [0.25, 0.3) is 0 Å². The van der Waals surface area contributed by atoms with Crippen LogP contribution in [0.5, 0.6) is 0 Å². The summed E-state index contributed by atoms with van der Waals surface area (Å²) in [6.45, 7) is 6.52. The molecule has 0 aliphatic carbocycles. The van der Waals surface area contributed by atoms with E-state index >= 15 is 0 Å². The van der Waals surface area contributed by atoms with Gasteiger partial charge in [0.15, 0.2) is 15.6 Å². The van der Waals surface area contributed by atoms with E-state index in [1.54, 1.807) is 31.6 Å². The van der Waals surface area contributed by atoms with Gasteiger partial charge in [0.1, 0.15) is 5.69 Å². The van der Waals surface area contributed by atoms with Crippen molar-refractivity contribution in [1.29, 1.82) is 0 Å². The van der Waals surface area contributed by atoms with Crippen molar-refractivity contribution in [3.8, 4) is 0 Å². The van der Waals surface area contributed by atoms with E-state index in [1.807, 2.05) is 0 Å². The van der Waals surface area contributed by atoms with Gasteiger partial charge in [0.05, 0.1) is 22.7 Å². The number of hydrogen-bond acceptors (Lipinski definition) is 6. The van der Waals surface area contributed by atoms with Gasteiger partial charge >= 0.3 is 0 Å². The van der Waals surface area contributed by atoms with Crippen molar-refractivity contribution >= 4 is 15.6 Å². The van der Waals surface area contributed by atoms with Crippen molar-refractivity contribution in [3.63, 3.8) is 0 Å². The molecule has 0 amide bonds. The van der Waals surface area contributed by atoms with Crippen LogP contribution in [0.1, 0.15) is 43.7 Å². The Morgan fingerprint density at radius 1 is 1.45 bits per heavy atom. The lowest BCUT2D eigenvalue weighted by Gasteiger charge is -2.26. The molecule has 0 spiro atoms. The summed E-state index contributed by atoms with van der Waals surface area (Å²) < 4.78 is 24.7. The zero-order chi connectivity index (χ0) is 15.0. The Kier molecular flexibility index (Phi) is 3.97. The van der Waals surface area contributed by atoms with E-state index in [4.69, 9.17) is 0 Å². The van der Waals surface area contributed by atoms with E-state index in [9.17, 15) is 13.2 Å². The highest BCUT2D eigenvalue weighted by molar-refractivity contribution is 7.92. The molecule has 1 fully saturated rings. The first-order chi connectivity index (χ1) is 9.21. The fourth-order valence-electron chi connectivity index (χ4n) is 1.70. The van der Waals surface area contributed by atoms with Crippen LogP contribution in [-0.2, 0) is 9.84 Å². The maximum absolute atomic E-state index is 12.0. The monoisotopic (exact) mass is 300 g/mol. The third-order valence-electron chi connectivity index (χ3n) is 3.46. The third-order valence-corrected chi connectivity index (χ3v) is 6.07. The van der Waals surface area contributed by atoms with Crippen molar-refractivity contribution < 1.29 is 13.2 Å². The summed E-state index contributed by atoms with van der Waals surface area (Å²) in [5.41, 5.74) is 0.237. The molecule has 1 aliphatic rings. The zero-order valence-electron chi connectivity index (χ0n) is 12.0. The molecular formula is C12H20N4O3S. The second-order valence-corrected chi connectivity index (χ2v) is 8.86. The van der Waals surface area contributed by atoms with Gasteiger partial charge in [-0.2, -0.15) is 0 Å². The third kappa shape index (κ3) is 3.06. The average Bonchev–Trinajstić information content (AvgIpc) is 2.71. The quantitative estimate of drug-likeness (QED) is 0.781. The SMILES string of the molecule is CC(C)(C)S(=O)(=O)CCC(=O)c1cn(C2CNC2)nn1. The Balaban J connectivity index is 1.97. The van der Waals surface area contributed by atoms with E-state index < -0.39 is 14.6 Å². The standard InChI is InChI=1S/C12H20N4O3S/c1-12(2,3)20(18,19)5-4-11(17)10-8-16(15-14-10)9-6-13-7-9/h8-9,13H,4-7H2,1-3H3. The minimum absolute atomic E-state index is 0.0544. The molecule has 112 valence electrons. The first-order valence-corrected chi connectivity index (χ1v) is 8.24. The summed E-state index contributed by atoms with van der Waals surface area (Å²) in [4.78, 5) is 12.0. The second kappa shape index (κ2) is 5.25. The van der Waals surface area contributed by atoms with Gasteiger partial charge in [0.2, 0.25) is 0 Å². The topological polar surface area (TPSA) is 94.0 Å². The highest BCUT2D eigenvalue weighted by atomic mass is 32.2. The van der Waals surface area contributed by atoms with Crippen LogP contribution >= 0.6 is 0 Å². The van der Waals surface area contributed by atoms with Crippen LogP contribution in [0, 0.1) is 0 Å². The first kappa shape index (κ1) is 15.1. The molecule has 0 atom stereocenters. The molecule has 2 heterocycles. The summed E-state index contributed by atoms with van der Waals surface area (Å²) in [6, 6.07) is 0.238. The van der Waals surface area contributed by atoms with Crippen LogP contribution < -0.4 is 5.32 Å². The number of nitrogens with zero attached hydrogens (tertiary/aromatic N) is 3. The minimum Gasteiger partial charge on any atom is -0.312 e. The molecule has 0 bridgehead atoms. The lowest BCUT2D eigenvalue weighted by Crippen LogP contribution is -2.43. The molecular weight excluding hydrogens is 280 g/mol. The fraction of sp³-hybridized carbons (Fsp3) is 0.750. The number of hydrogen-bond donors (Lipinski definition) is 1. The minimum atomic E-state index is -3.29. The maximum atomic E-state index is 12.0. The van der Waals surface area contributed by atoms with Crippen LogP contribution in [-0.4, -0.2) is 52.8 Å². The Bertz CT molecular complexity index is 596. The summed E-state index contributed by atoms with van der Waals surface area (Å²) >= 11 is 0. The predicted molar refractivity (Wildman–Crippen MR) is 74.4 cm³/mol. The number of carbonyl (C=O) groups excluding carboxylic acids is 1. The summed E-state index contributed by atoms with van der Waals surface area (Å²) in [6.07, 6.45) is 1.54. The van der Waals surface area contributed by atoms with E-state index in [0.29, 0.717) is 0 Å². The molecule has 0 radical (unpaired) electrons. The average molecular weight is 300 g/mol. The Morgan fingerprint density at radius 3 is 2.60 bits per heavy atom. The van der Waals surface area contributed by atoms with Gasteiger partial charge in [-0.25, -0.2) is 13.1 Å². The molecule has 0 aromatic carbocycles. The molecule has 1 N–H and O–H groups in total. The molecule has 20 heavy (non-hydrogen) atoms. The molecule has 1 saturated heterocycles. The fourth-order valence-corrected chi connectivity index (χ4v) is 2.77. The number of carbonyl (C=O) groups is 1. The normalized spacial score (nSPS) is 16.9. The maximum Gasteiger partial charge on any atom is 0.185 e. The second-order valence-electron chi connectivity index (χ2n) is 6.00. The highest BCUT2D eigenvalue weighted by Gasteiger charge is 2.30. The lowest BCUT2D eigenvalue weighted by molar-refractivity contribution is 0.0984. The first-order valence-electron chi connectivity index (χ1n) is 6.59. The molecule has 1 aromatic rings. The smallest absolute Gasteiger partial charge is 0.185 e. The van der Waals surface area contributed by atoms with Gasteiger partial charge in [-0.15, -0.1) is 5.10 Å². The lowest BCUT2D eigenvalue weighted by atomic mass is 10.2. The largest absolute Gasteiger partial charge is 0.312 e. The van der Waals surface area contributed by atoms with Crippen LogP contribution in [0.2, 0.25) is 0 Å². The van der Waals surface area contributed by atoms with E-state index in [0.717, 1.165) is 13.1 Å². The van der Waals surface area contributed by atoms with Gasteiger partial charge in [-0.1, -0.05) is 5.21 Å². The van der Waals surface area contributed by atoms with E-state index in [1.165, 1.54) is 0 Å². The van der Waals surface area contributed by atoms with E-state index in [-0.39, 0.29) is 29.7 Å². The molecule has 0 unspecified atom stereocenters. The molecule has 1 aliphatic heterocycles. The van der Waals surface area contributed by atoms with Gasteiger partial charge < -0.3 is 5.32 Å². The predicted octanol–water partition coefficient (Wildman–Crippen LogP) is 0.208. The molecule has 8 heteroatoms. The number of nitrogens with one attached hydrogen (secondary N) is 1. The van der Waals surface area contributed by atoms with Crippen molar-refractivity contribution in [2.45, 2.75) is 38.0 Å². The molecule has 0 saturated carbocycles. The van der Waals surface area contributed by atoms with Crippen LogP contribution in [0.25, 0.3) is 0 Å². The van der Waals surface area contributed by atoms with Crippen molar-refractivity contribution in [2.75, 3.05) is 18.8 Å². The van der Waals surface area contributed by atoms with Crippen LogP contribution in [0.3, 0.4) is 0 Å². The summed E-state index contributed by atoms with van der Waals surface area (Å²) in [5, 5.41) is 10.8. The van der Waals surface area contributed by atoms with E-state index in [2.05, 4.69) is 15.6 Å². The van der Waals surface area contributed by atoms with Crippen LogP contribution in [0.4, 0.5) is 0 Å². The van der Waals surface area contributed by atoms with Gasteiger partial charge in [0, 0.05) is 19.5 Å². The molecule has 1 aromatic heterocycles. The van der Waals surface area contributed by atoms with Gasteiger partial charge in [-0.3, -0.25) is 4.79 Å². The summed E-state index contributed by atoms with van der Waals surface area (Å²) in [7, 11) is -3.29.